The molecule has 0 aliphatic heterocycles. The molecule has 4 heteroatoms. The Labute approximate surface area is 99.3 Å². The van der Waals surface area contributed by atoms with Crippen molar-refractivity contribution in [2.75, 3.05) is 6.61 Å². The van der Waals surface area contributed by atoms with Gasteiger partial charge in [-0.15, -0.1) is 0 Å². The molecule has 0 bridgehead atoms. The number of hydrogen-bond acceptors (Lipinski definition) is 2. The Hall–Kier alpha value is 0.567. The smallest absolute Gasteiger partial charge is 0.101 e. The molecule has 0 aliphatic carbocycles. The minimum atomic E-state index is -0.873. The molecule has 0 spiro atoms. The zero-order valence-corrected chi connectivity index (χ0v) is 13.8. The molecule has 0 saturated carbocycles. The molecular formula is C11H30NOPSi. The Balaban J connectivity index is 0. The summed E-state index contributed by atoms with van der Waals surface area (Å²) in [5, 5.41) is 3.31. The lowest BCUT2D eigenvalue weighted by molar-refractivity contribution is 0.395. The van der Waals surface area contributed by atoms with Gasteiger partial charge in [-0.2, -0.15) is 0 Å². The van der Waals surface area contributed by atoms with Crippen molar-refractivity contribution in [1.82, 2.24) is 5.32 Å². The topological polar surface area (TPSA) is 21.3 Å². The van der Waals surface area contributed by atoms with Crippen molar-refractivity contribution in [3.8, 4) is 0 Å². The fourth-order valence-electron chi connectivity index (χ4n) is 0.955. The third-order valence-electron chi connectivity index (χ3n) is 1.19. The highest BCUT2D eigenvalue weighted by Crippen LogP contribution is 2.26. The molecule has 94 valence electrons. The third kappa shape index (κ3) is 25.1. The molecule has 0 aliphatic rings. The van der Waals surface area contributed by atoms with E-state index in [1.165, 1.54) is 0 Å². The first-order chi connectivity index (χ1) is 6.69. The highest BCUT2D eigenvalue weighted by Gasteiger charge is 2.12. The van der Waals surface area contributed by atoms with Crippen molar-refractivity contribution in [3.63, 3.8) is 0 Å². The van der Waals surface area contributed by atoms with Crippen LogP contribution in [0.4, 0.5) is 0 Å². The molecule has 0 heterocycles. The average Bonchev–Trinajstić information content (AvgIpc) is 1.97. The van der Waals surface area contributed by atoms with E-state index in [1.54, 1.807) is 0 Å². The summed E-state index contributed by atoms with van der Waals surface area (Å²) in [6, 6.07) is 1.25. The molecule has 2 nitrogen and oxygen atoms in total. The van der Waals surface area contributed by atoms with E-state index in [-0.39, 0.29) is 0 Å². The first-order valence-corrected chi connectivity index (χ1v) is 11.2. The first-order valence-electron chi connectivity index (χ1n) is 5.84. The zero-order chi connectivity index (χ0) is 12.5. The van der Waals surface area contributed by atoms with Gasteiger partial charge < -0.3 is 9.84 Å². The van der Waals surface area contributed by atoms with E-state index in [1.807, 2.05) is 6.92 Å². The minimum absolute atomic E-state index is 0.625. The van der Waals surface area contributed by atoms with Crippen LogP contribution in [0, 0.1) is 0 Å². The SMILES string of the molecule is CC(C)NC(C)C.CCOP[Si](C)(C)C. The highest BCUT2D eigenvalue weighted by atomic mass is 31.4. The molecule has 1 unspecified atom stereocenters. The van der Waals surface area contributed by atoms with Crippen LogP contribution < -0.4 is 5.32 Å². The number of nitrogens with one attached hydrogen (secondary N) is 1. The molecule has 15 heavy (non-hydrogen) atoms. The van der Waals surface area contributed by atoms with Crippen LogP contribution in [0.2, 0.25) is 19.6 Å². The maximum atomic E-state index is 5.29. The molecule has 0 saturated heterocycles. The van der Waals surface area contributed by atoms with E-state index in [0.717, 1.165) is 15.0 Å². The van der Waals surface area contributed by atoms with Crippen LogP contribution in [0.1, 0.15) is 34.6 Å². The molecule has 0 radical (unpaired) electrons. The van der Waals surface area contributed by atoms with Crippen LogP contribution in [-0.4, -0.2) is 26.4 Å². The van der Waals surface area contributed by atoms with Gasteiger partial charge in [-0.25, -0.2) is 0 Å². The van der Waals surface area contributed by atoms with Crippen LogP contribution >= 0.6 is 8.36 Å². The van der Waals surface area contributed by atoms with Crippen molar-refractivity contribution in [2.45, 2.75) is 66.3 Å². The van der Waals surface area contributed by atoms with Crippen molar-refractivity contribution >= 4 is 16.1 Å². The van der Waals surface area contributed by atoms with Gasteiger partial charge in [0.2, 0.25) is 0 Å². The van der Waals surface area contributed by atoms with Gasteiger partial charge in [0.05, 0.1) is 0 Å². The highest BCUT2D eigenvalue weighted by molar-refractivity contribution is 7.77. The van der Waals surface area contributed by atoms with Crippen molar-refractivity contribution < 1.29 is 4.52 Å². The van der Waals surface area contributed by atoms with E-state index in [2.05, 4.69) is 52.7 Å². The monoisotopic (exact) mass is 251 g/mol. The molecule has 0 fully saturated rings. The second kappa shape index (κ2) is 9.77. The third-order valence-corrected chi connectivity index (χ3v) is 4.50. The largest absolute Gasteiger partial charge is 0.367 e. The predicted octanol–water partition coefficient (Wildman–Crippen LogP) is 3.84. The van der Waals surface area contributed by atoms with Gasteiger partial charge in [-0.05, 0) is 15.3 Å². The van der Waals surface area contributed by atoms with E-state index in [9.17, 15) is 0 Å². The first kappa shape index (κ1) is 17.9. The Morgan fingerprint density at radius 3 is 1.53 bits per heavy atom. The molecule has 0 aromatic rings. The molecular weight excluding hydrogens is 221 g/mol. The van der Waals surface area contributed by atoms with Gasteiger partial charge in [0, 0.05) is 18.7 Å². The summed E-state index contributed by atoms with van der Waals surface area (Å²) in [4.78, 5) is 0. The summed E-state index contributed by atoms with van der Waals surface area (Å²) >= 11 is 0. The van der Waals surface area contributed by atoms with Gasteiger partial charge >= 0.3 is 0 Å². The van der Waals surface area contributed by atoms with E-state index < -0.39 is 7.74 Å². The molecule has 1 atom stereocenters. The van der Waals surface area contributed by atoms with Crippen LogP contribution in [0.15, 0.2) is 0 Å². The Bertz CT molecular complexity index is 129. The Morgan fingerprint density at radius 1 is 1.07 bits per heavy atom. The molecule has 0 aromatic carbocycles. The summed E-state index contributed by atoms with van der Waals surface area (Å²) in [6.45, 7) is 18.5. The van der Waals surface area contributed by atoms with E-state index >= 15 is 0 Å². The van der Waals surface area contributed by atoms with Gasteiger partial charge in [-0.1, -0.05) is 47.3 Å². The standard InChI is InChI=1S/C6H15N.C5H15OPSi/c1-5(2)7-6(3)4;1-5-6-7-8(2,3)4/h5-7H,1-4H3;7H,5H2,1-4H3. The van der Waals surface area contributed by atoms with E-state index in [4.69, 9.17) is 4.52 Å². The quantitative estimate of drug-likeness (QED) is 0.592. The summed E-state index contributed by atoms with van der Waals surface area (Å²) in [5.74, 6) is 0. The maximum Gasteiger partial charge on any atom is 0.101 e. The summed E-state index contributed by atoms with van der Waals surface area (Å²) in [7, 11) is -0.0922. The summed E-state index contributed by atoms with van der Waals surface area (Å²) in [5.41, 5.74) is 0. The van der Waals surface area contributed by atoms with Gasteiger partial charge in [0.15, 0.2) is 0 Å². The number of rotatable bonds is 5. The van der Waals surface area contributed by atoms with Gasteiger partial charge in [0.25, 0.3) is 0 Å². The van der Waals surface area contributed by atoms with Crippen molar-refractivity contribution in [2.24, 2.45) is 0 Å². The maximum absolute atomic E-state index is 5.29. The molecule has 0 amide bonds. The molecule has 1 N–H and O–H groups in total. The summed E-state index contributed by atoms with van der Waals surface area (Å²) in [6.07, 6.45) is 0. The summed E-state index contributed by atoms with van der Waals surface area (Å²) < 4.78 is 5.29. The normalized spacial score (nSPS) is 12.4. The van der Waals surface area contributed by atoms with Crippen LogP contribution in [0.3, 0.4) is 0 Å². The van der Waals surface area contributed by atoms with Gasteiger partial charge in [-0.3, -0.25) is 0 Å². The molecule has 0 aromatic heterocycles. The van der Waals surface area contributed by atoms with Crippen LogP contribution in [0.25, 0.3) is 0 Å². The fourth-order valence-corrected chi connectivity index (χ4v) is 3.26. The second-order valence-electron chi connectivity index (χ2n) is 5.26. The van der Waals surface area contributed by atoms with Crippen LogP contribution in [-0.2, 0) is 4.52 Å². The Kier molecular flexibility index (Phi) is 11.7. The number of hydrogen-bond donors (Lipinski definition) is 1. The Morgan fingerprint density at radius 2 is 1.47 bits per heavy atom. The van der Waals surface area contributed by atoms with Crippen LogP contribution in [0.5, 0.6) is 0 Å². The lowest BCUT2D eigenvalue weighted by atomic mass is 10.3. The van der Waals surface area contributed by atoms with Crippen molar-refractivity contribution in [3.05, 3.63) is 0 Å². The van der Waals surface area contributed by atoms with Gasteiger partial charge in [0.1, 0.15) is 7.74 Å². The zero-order valence-electron chi connectivity index (χ0n) is 11.8. The lowest BCUT2D eigenvalue weighted by Gasteiger charge is -2.13. The van der Waals surface area contributed by atoms with E-state index in [0.29, 0.717) is 12.1 Å². The fraction of sp³-hybridized carbons (Fsp3) is 1.00. The molecule has 0 rings (SSSR count). The van der Waals surface area contributed by atoms with Crippen molar-refractivity contribution in [1.29, 1.82) is 0 Å². The average molecular weight is 251 g/mol. The lowest BCUT2D eigenvalue weighted by Crippen LogP contribution is -2.29. The predicted molar refractivity (Wildman–Crippen MR) is 76.7 cm³/mol. The second-order valence-corrected chi connectivity index (χ2v) is 15.4. The minimum Gasteiger partial charge on any atom is -0.367 e.